The minimum Gasteiger partial charge on any atom is -0.480 e. The predicted octanol–water partition coefficient (Wildman–Crippen LogP) is 2.49. The Hall–Kier alpha value is -1.98. The van der Waals surface area contributed by atoms with Crippen LogP contribution in [0.4, 0.5) is 10.7 Å². The second kappa shape index (κ2) is 5.12. The van der Waals surface area contributed by atoms with Crippen molar-refractivity contribution < 1.29 is 23.8 Å². The number of carbonyl (C=O) groups is 2. The number of amides is 1. The molecule has 0 spiro atoms. The van der Waals surface area contributed by atoms with Crippen LogP contribution in [0.15, 0.2) is 22.8 Å². The zero-order chi connectivity index (χ0) is 13.9. The average Bonchev–Trinajstić information content (AvgIpc) is 2.67. The summed E-state index contributed by atoms with van der Waals surface area (Å²) < 4.78 is 10.2. The molecule has 0 bridgehead atoms. The van der Waals surface area contributed by atoms with Crippen LogP contribution < -0.4 is 4.90 Å². The Labute approximate surface area is 105 Å². The first-order chi connectivity index (χ1) is 8.22. The highest BCUT2D eigenvalue weighted by atomic mass is 16.6. The van der Waals surface area contributed by atoms with Crippen molar-refractivity contribution >= 4 is 17.9 Å². The summed E-state index contributed by atoms with van der Waals surface area (Å²) in [6.45, 7) is 6.50. The Balaban J connectivity index is 2.99. The predicted molar refractivity (Wildman–Crippen MR) is 64.5 cm³/mol. The van der Waals surface area contributed by atoms with E-state index in [-0.39, 0.29) is 5.88 Å². The van der Waals surface area contributed by atoms with Crippen molar-refractivity contribution in [3.8, 4) is 0 Å². The van der Waals surface area contributed by atoms with Crippen LogP contribution >= 0.6 is 0 Å². The van der Waals surface area contributed by atoms with Crippen molar-refractivity contribution in [3.63, 3.8) is 0 Å². The number of hydrogen-bond acceptors (Lipinski definition) is 4. The third-order valence-corrected chi connectivity index (χ3v) is 2.08. The number of nitrogens with zero attached hydrogens (tertiary/aromatic N) is 1. The minimum atomic E-state index is -1.14. The van der Waals surface area contributed by atoms with Crippen molar-refractivity contribution in [2.75, 3.05) is 4.90 Å². The quantitative estimate of drug-likeness (QED) is 0.897. The highest BCUT2D eigenvalue weighted by molar-refractivity contribution is 5.93. The number of carboxylic acids is 1. The average molecular weight is 255 g/mol. The normalized spacial score (nSPS) is 12.9. The van der Waals surface area contributed by atoms with Crippen LogP contribution in [-0.4, -0.2) is 28.8 Å². The molecule has 0 saturated heterocycles. The lowest BCUT2D eigenvalue weighted by Gasteiger charge is -2.27. The van der Waals surface area contributed by atoms with Crippen LogP contribution in [0.3, 0.4) is 0 Å². The summed E-state index contributed by atoms with van der Waals surface area (Å²) in [6, 6.07) is 2.00. The fourth-order valence-electron chi connectivity index (χ4n) is 1.27. The molecule has 1 aromatic rings. The first kappa shape index (κ1) is 14.1. The van der Waals surface area contributed by atoms with Gasteiger partial charge >= 0.3 is 12.1 Å². The lowest BCUT2D eigenvalue weighted by Crippen LogP contribution is -2.45. The van der Waals surface area contributed by atoms with E-state index in [4.69, 9.17) is 14.3 Å². The number of ether oxygens (including phenoxy) is 1. The molecule has 0 saturated carbocycles. The SMILES string of the molecule is C[C@H](C(=O)O)N(C(=O)OC(C)(C)C)c1ccco1. The van der Waals surface area contributed by atoms with Gasteiger partial charge in [0.1, 0.15) is 11.6 Å². The Morgan fingerprint density at radius 3 is 2.44 bits per heavy atom. The third-order valence-electron chi connectivity index (χ3n) is 2.08. The van der Waals surface area contributed by atoms with Crippen LogP contribution in [0.5, 0.6) is 0 Å². The largest absolute Gasteiger partial charge is 0.480 e. The summed E-state index contributed by atoms with van der Waals surface area (Å²) in [5.74, 6) is -1.00. The van der Waals surface area contributed by atoms with Gasteiger partial charge in [-0.3, -0.25) is 0 Å². The molecule has 1 aromatic heterocycles. The molecule has 0 aliphatic rings. The molecule has 100 valence electrons. The van der Waals surface area contributed by atoms with E-state index in [1.807, 2.05) is 0 Å². The number of hydrogen-bond donors (Lipinski definition) is 1. The summed E-state index contributed by atoms with van der Waals surface area (Å²) >= 11 is 0. The molecule has 1 amide bonds. The number of carbonyl (C=O) groups excluding carboxylic acids is 1. The minimum absolute atomic E-state index is 0.138. The Kier molecular flexibility index (Phi) is 4.00. The van der Waals surface area contributed by atoms with Gasteiger partial charge in [0.2, 0.25) is 5.88 Å². The van der Waals surface area contributed by atoms with Gasteiger partial charge in [-0.15, -0.1) is 0 Å². The first-order valence-corrected chi connectivity index (χ1v) is 5.51. The van der Waals surface area contributed by atoms with Crippen LogP contribution in [0.1, 0.15) is 27.7 Å². The van der Waals surface area contributed by atoms with Gasteiger partial charge in [-0.05, 0) is 33.8 Å². The van der Waals surface area contributed by atoms with Crippen molar-refractivity contribution in [2.45, 2.75) is 39.3 Å². The summed E-state index contributed by atoms with van der Waals surface area (Å²) in [5, 5.41) is 9.01. The van der Waals surface area contributed by atoms with Gasteiger partial charge in [0.05, 0.1) is 6.26 Å². The van der Waals surface area contributed by atoms with Gasteiger partial charge in [-0.2, -0.15) is 0 Å². The molecule has 0 radical (unpaired) electrons. The van der Waals surface area contributed by atoms with Gasteiger partial charge in [-0.25, -0.2) is 14.5 Å². The highest BCUT2D eigenvalue weighted by Gasteiger charge is 2.32. The van der Waals surface area contributed by atoms with Crippen molar-refractivity contribution in [1.82, 2.24) is 0 Å². The topological polar surface area (TPSA) is 80.0 Å². The van der Waals surface area contributed by atoms with E-state index in [0.29, 0.717) is 0 Å². The lowest BCUT2D eigenvalue weighted by atomic mass is 10.2. The fraction of sp³-hybridized carbons (Fsp3) is 0.500. The molecule has 1 heterocycles. The van der Waals surface area contributed by atoms with Gasteiger partial charge in [0, 0.05) is 6.07 Å². The molecule has 1 N–H and O–H groups in total. The summed E-state index contributed by atoms with van der Waals surface area (Å²) in [6.07, 6.45) is 0.605. The van der Waals surface area contributed by atoms with Gasteiger partial charge in [0.15, 0.2) is 0 Å². The van der Waals surface area contributed by atoms with Crippen LogP contribution in [0.2, 0.25) is 0 Å². The summed E-state index contributed by atoms with van der Waals surface area (Å²) in [5.41, 5.74) is -0.708. The number of rotatable bonds is 3. The summed E-state index contributed by atoms with van der Waals surface area (Å²) in [4.78, 5) is 24.0. The van der Waals surface area contributed by atoms with E-state index >= 15 is 0 Å². The Morgan fingerprint density at radius 2 is 2.06 bits per heavy atom. The number of aliphatic carboxylic acids is 1. The van der Waals surface area contributed by atoms with Crippen molar-refractivity contribution in [3.05, 3.63) is 18.4 Å². The molecule has 18 heavy (non-hydrogen) atoms. The van der Waals surface area contributed by atoms with Crippen molar-refractivity contribution in [1.29, 1.82) is 0 Å². The standard InChI is InChI=1S/C12H17NO5/c1-8(10(14)15)13(9-6-5-7-17-9)11(16)18-12(2,3)4/h5-8H,1-4H3,(H,14,15)/t8-/m1/s1. The van der Waals surface area contributed by atoms with E-state index in [1.165, 1.54) is 19.3 Å². The van der Waals surface area contributed by atoms with Gasteiger partial charge < -0.3 is 14.3 Å². The van der Waals surface area contributed by atoms with Crippen LogP contribution in [0.25, 0.3) is 0 Å². The highest BCUT2D eigenvalue weighted by Crippen LogP contribution is 2.21. The molecule has 1 atom stereocenters. The smallest absolute Gasteiger partial charge is 0.417 e. The van der Waals surface area contributed by atoms with Gasteiger partial charge in [0.25, 0.3) is 0 Å². The van der Waals surface area contributed by atoms with Crippen LogP contribution in [0, 0.1) is 0 Å². The zero-order valence-corrected chi connectivity index (χ0v) is 10.8. The maximum Gasteiger partial charge on any atom is 0.417 e. The third kappa shape index (κ3) is 3.51. The van der Waals surface area contributed by atoms with E-state index in [2.05, 4.69) is 0 Å². The monoisotopic (exact) mass is 255 g/mol. The second-order valence-electron chi connectivity index (χ2n) is 4.82. The second-order valence-corrected chi connectivity index (χ2v) is 4.82. The lowest BCUT2D eigenvalue weighted by molar-refractivity contribution is -0.138. The molecule has 6 heteroatoms. The molecule has 0 aliphatic carbocycles. The summed E-state index contributed by atoms with van der Waals surface area (Å²) in [7, 11) is 0. The fourth-order valence-corrected chi connectivity index (χ4v) is 1.27. The number of furan rings is 1. The molecule has 0 aliphatic heterocycles. The van der Waals surface area contributed by atoms with Gasteiger partial charge in [-0.1, -0.05) is 0 Å². The molecule has 0 fully saturated rings. The van der Waals surface area contributed by atoms with E-state index in [9.17, 15) is 9.59 Å². The molecular weight excluding hydrogens is 238 g/mol. The van der Waals surface area contributed by atoms with E-state index in [0.717, 1.165) is 4.90 Å². The number of anilines is 1. The molecule has 0 unspecified atom stereocenters. The van der Waals surface area contributed by atoms with E-state index in [1.54, 1.807) is 26.8 Å². The molecule has 1 rings (SSSR count). The van der Waals surface area contributed by atoms with Crippen LogP contribution in [-0.2, 0) is 9.53 Å². The maximum absolute atomic E-state index is 12.0. The Bertz CT molecular complexity index is 418. The molecular formula is C12H17NO5. The first-order valence-electron chi connectivity index (χ1n) is 5.51. The van der Waals surface area contributed by atoms with E-state index < -0.39 is 23.7 Å². The molecule has 0 aromatic carbocycles. The number of carboxylic acid groups (broad SMARTS) is 1. The Morgan fingerprint density at radius 1 is 1.44 bits per heavy atom. The molecule has 6 nitrogen and oxygen atoms in total. The van der Waals surface area contributed by atoms with Crippen molar-refractivity contribution in [2.24, 2.45) is 0 Å². The zero-order valence-electron chi connectivity index (χ0n) is 10.8. The maximum atomic E-state index is 12.0.